The largest absolute Gasteiger partial charge is 0.491 e. The predicted octanol–water partition coefficient (Wildman–Crippen LogP) is 6.45. The number of hydrogen-bond acceptors (Lipinski definition) is 5. The zero-order valence-electron chi connectivity index (χ0n) is 18.5. The van der Waals surface area contributed by atoms with Crippen LogP contribution in [0.4, 0.5) is 14.5 Å². The van der Waals surface area contributed by atoms with Crippen LogP contribution >= 0.6 is 0 Å². The van der Waals surface area contributed by atoms with Crippen LogP contribution in [0.3, 0.4) is 0 Å². The van der Waals surface area contributed by atoms with E-state index in [4.69, 9.17) is 9.26 Å². The van der Waals surface area contributed by atoms with Crippen LogP contribution < -0.4 is 10.1 Å². The van der Waals surface area contributed by atoms with E-state index in [9.17, 15) is 8.78 Å². The van der Waals surface area contributed by atoms with E-state index in [-0.39, 0.29) is 17.8 Å². The predicted molar refractivity (Wildman–Crippen MR) is 120 cm³/mol. The first-order chi connectivity index (χ1) is 15.4. The van der Waals surface area contributed by atoms with E-state index in [1.807, 2.05) is 44.2 Å². The van der Waals surface area contributed by atoms with Gasteiger partial charge >= 0.3 is 0 Å². The van der Waals surface area contributed by atoms with Crippen LogP contribution in [0.25, 0.3) is 11.1 Å². The quantitative estimate of drug-likeness (QED) is 0.347. The van der Waals surface area contributed by atoms with E-state index in [1.54, 1.807) is 6.07 Å². The maximum absolute atomic E-state index is 14.4. The van der Waals surface area contributed by atoms with E-state index in [0.29, 0.717) is 30.7 Å². The number of benzene rings is 2. The van der Waals surface area contributed by atoms with Crippen molar-refractivity contribution < 1.29 is 18.0 Å². The number of ether oxygens (including phenoxy) is 1. The highest BCUT2D eigenvalue weighted by molar-refractivity contribution is 5.69. The maximum Gasteiger partial charge on any atom is 0.264 e. The topological polar surface area (TPSA) is 60.2 Å². The van der Waals surface area contributed by atoms with Gasteiger partial charge in [-0.15, -0.1) is 0 Å². The summed E-state index contributed by atoms with van der Waals surface area (Å²) in [7, 11) is 0. The van der Waals surface area contributed by atoms with Gasteiger partial charge in [0, 0.05) is 24.2 Å². The van der Waals surface area contributed by atoms with Crippen LogP contribution in [0.5, 0.6) is 5.75 Å². The molecule has 1 fully saturated rings. The molecule has 0 aliphatic heterocycles. The maximum atomic E-state index is 14.4. The van der Waals surface area contributed by atoms with Crippen molar-refractivity contribution in [1.29, 1.82) is 0 Å². The Morgan fingerprint density at radius 3 is 2.59 bits per heavy atom. The summed E-state index contributed by atoms with van der Waals surface area (Å²) < 4.78 is 39.0. The van der Waals surface area contributed by atoms with Gasteiger partial charge in [0.2, 0.25) is 0 Å². The number of rotatable bonds is 11. The summed E-state index contributed by atoms with van der Waals surface area (Å²) in [6.45, 7) is 4.72. The number of nitrogens with one attached hydrogen (secondary N) is 1. The highest BCUT2D eigenvalue weighted by Gasteiger charge is 2.50. The molecule has 170 valence electrons. The van der Waals surface area contributed by atoms with Gasteiger partial charge in [-0.25, -0.2) is 8.78 Å². The lowest BCUT2D eigenvalue weighted by Gasteiger charge is -2.12. The van der Waals surface area contributed by atoms with Crippen molar-refractivity contribution in [3.63, 3.8) is 0 Å². The summed E-state index contributed by atoms with van der Waals surface area (Å²) in [5.74, 6) is 1.22. The SMILES string of the molecule is CC(C)Oc1ccc(-c2cc(NCCCCCc3noc(C4(F)CC4)n3)ccc2F)cc1. The van der Waals surface area contributed by atoms with Crippen molar-refractivity contribution >= 4 is 5.69 Å². The minimum atomic E-state index is -1.37. The lowest BCUT2D eigenvalue weighted by atomic mass is 10.0. The zero-order valence-corrected chi connectivity index (χ0v) is 18.5. The van der Waals surface area contributed by atoms with Gasteiger partial charge in [-0.05, 0) is 75.4 Å². The first-order valence-electron chi connectivity index (χ1n) is 11.3. The fourth-order valence-corrected chi connectivity index (χ4v) is 3.52. The lowest BCUT2D eigenvalue weighted by molar-refractivity contribution is 0.225. The van der Waals surface area contributed by atoms with Crippen molar-refractivity contribution in [2.45, 2.75) is 64.1 Å². The molecule has 32 heavy (non-hydrogen) atoms. The van der Waals surface area contributed by atoms with Gasteiger partial charge in [-0.1, -0.05) is 23.7 Å². The minimum Gasteiger partial charge on any atom is -0.491 e. The Bertz CT molecular complexity index is 1030. The summed E-state index contributed by atoms with van der Waals surface area (Å²) in [6, 6.07) is 12.5. The summed E-state index contributed by atoms with van der Waals surface area (Å²) in [5.41, 5.74) is 0.875. The zero-order chi connectivity index (χ0) is 22.6. The Kier molecular flexibility index (Phi) is 6.72. The number of anilines is 1. The van der Waals surface area contributed by atoms with Gasteiger partial charge < -0.3 is 14.6 Å². The lowest BCUT2D eigenvalue weighted by Crippen LogP contribution is -2.05. The number of unbranched alkanes of at least 4 members (excludes halogenated alkanes) is 2. The molecule has 1 saturated carbocycles. The van der Waals surface area contributed by atoms with E-state index in [2.05, 4.69) is 15.5 Å². The Morgan fingerprint density at radius 2 is 1.88 bits per heavy atom. The van der Waals surface area contributed by atoms with Crippen LogP contribution in [0.15, 0.2) is 47.0 Å². The van der Waals surface area contributed by atoms with Crippen LogP contribution in [0, 0.1) is 5.82 Å². The monoisotopic (exact) mass is 441 g/mol. The number of alkyl halides is 1. The highest BCUT2D eigenvalue weighted by atomic mass is 19.1. The molecule has 1 aliphatic rings. The third kappa shape index (κ3) is 5.64. The summed E-state index contributed by atoms with van der Waals surface area (Å²) >= 11 is 0. The van der Waals surface area contributed by atoms with E-state index >= 15 is 0 Å². The second-order valence-electron chi connectivity index (χ2n) is 8.60. The van der Waals surface area contributed by atoms with Crippen molar-refractivity contribution in [2.24, 2.45) is 0 Å². The summed E-state index contributed by atoms with van der Waals surface area (Å²) in [6.07, 6.45) is 4.55. The second kappa shape index (κ2) is 9.67. The number of halogens is 2. The van der Waals surface area contributed by atoms with Gasteiger partial charge in [0.15, 0.2) is 11.5 Å². The number of nitrogens with zero attached hydrogens (tertiary/aromatic N) is 2. The molecule has 0 unspecified atom stereocenters. The molecule has 7 heteroatoms. The minimum absolute atomic E-state index is 0.0970. The van der Waals surface area contributed by atoms with Crippen molar-refractivity contribution in [3.05, 3.63) is 60.0 Å². The molecular formula is C25H29F2N3O2. The van der Waals surface area contributed by atoms with Crippen LogP contribution in [-0.4, -0.2) is 22.8 Å². The smallest absolute Gasteiger partial charge is 0.264 e. The molecule has 0 spiro atoms. The van der Waals surface area contributed by atoms with E-state index in [0.717, 1.165) is 42.8 Å². The molecule has 0 bridgehead atoms. The Balaban J connectivity index is 1.23. The molecule has 3 aromatic rings. The average Bonchev–Trinajstić information content (AvgIpc) is 3.33. The standard InChI is InChI=1S/C25H29F2N3O2/c1-17(2)31-20-10-7-18(8-11-20)21-16-19(9-12-22(21)26)28-15-5-3-4-6-23-29-24(32-30-23)25(27)13-14-25/h7-12,16-17,28H,3-6,13-15H2,1-2H3. The van der Waals surface area contributed by atoms with Gasteiger partial charge in [-0.3, -0.25) is 0 Å². The molecule has 1 aromatic heterocycles. The van der Waals surface area contributed by atoms with Crippen LogP contribution in [0.2, 0.25) is 0 Å². The van der Waals surface area contributed by atoms with E-state index < -0.39 is 5.67 Å². The molecular weight excluding hydrogens is 412 g/mol. The van der Waals surface area contributed by atoms with Gasteiger partial charge in [-0.2, -0.15) is 4.98 Å². The number of aryl methyl sites for hydroxylation is 1. The fraction of sp³-hybridized carbons (Fsp3) is 0.440. The Morgan fingerprint density at radius 1 is 1.09 bits per heavy atom. The molecule has 5 nitrogen and oxygen atoms in total. The normalized spacial score (nSPS) is 14.5. The molecule has 1 heterocycles. The molecule has 0 saturated heterocycles. The van der Waals surface area contributed by atoms with Gasteiger partial charge in [0.1, 0.15) is 11.6 Å². The molecule has 2 aromatic carbocycles. The molecule has 1 aliphatic carbocycles. The van der Waals surface area contributed by atoms with Crippen LogP contribution in [0.1, 0.15) is 57.7 Å². The van der Waals surface area contributed by atoms with Crippen molar-refractivity contribution in [2.75, 3.05) is 11.9 Å². The molecule has 0 atom stereocenters. The molecule has 1 N–H and O–H groups in total. The fourth-order valence-electron chi connectivity index (χ4n) is 3.52. The van der Waals surface area contributed by atoms with Crippen LogP contribution in [-0.2, 0) is 12.1 Å². The van der Waals surface area contributed by atoms with Crippen molar-refractivity contribution in [3.8, 4) is 16.9 Å². The Hall–Kier alpha value is -2.96. The summed E-state index contributed by atoms with van der Waals surface area (Å²) in [4.78, 5) is 4.16. The summed E-state index contributed by atoms with van der Waals surface area (Å²) in [5, 5.41) is 7.23. The van der Waals surface area contributed by atoms with Gasteiger partial charge in [0.05, 0.1) is 6.10 Å². The number of aromatic nitrogens is 2. The molecule has 4 rings (SSSR count). The Labute approximate surface area is 187 Å². The third-order valence-electron chi connectivity index (χ3n) is 5.45. The second-order valence-corrected chi connectivity index (χ2v) is 8.60. The first kappa shape index (κ1) is 22.2. The van der Waals surface area contributed by atoms with Crippen molar-refractivity contribution in [1.82, 2.24) is 10.1 Å². The first-order valence-corrected chi connectivity index (χ1v) is 11.3. The van der Waals surface area contributed by atoms with E-state index in [1.165, 1.54) is 6.07 Å². The molecule has 0 radical (unpaired) electrons. The third-order valence-corrected chi connectivity index (χ3v) is 5.45. The molecule has 0 amide bonds. The van der Waals surface area contributed by atoms with Gasteiger partial charge in [0.25, 0.3) is 5.89 Å². The highest BCUT2D eigenvalue weighted by Crippen LogP contribution is 2.48. The average molecular weight is 442 g/mol. The number of hydrogen-bond donors (Lipinski definition) is 1.